The van der Waals surface area contributed by atoms with Gasteiger partial charge < -0.3 is 10.4 Å². The third-order valence-electron chi connectivity index (χ3n) is 3.30. The molecule has 2 N–H and O–H groups in total. The second-order valence-corrected chi connectivity index (χ2v) is 8.30. The van der Waals surface area contributed by atoms with Gasteiger partial charge in [-0.2, -0.15) is 0 Å². The predicted molar refractivity (Wildman–Crippen MR) is 80.6 cm³/mol. The Balaban J connectivity index is 2.09. The Labute approximate surface area is 131 Å². The van der Waals surface area contributed by atoms with E-state index in [2.05, 4.69) is 37.2 Å². The zero-order valence-corrected chi connectivity index (χ0v) is 14.0. The Kier molecular flexibility index (Phi) is 5.03. The Morgan fingerprint density at radius 2 is 2.00 bits per heavy atom. The van der Waals surface area contributed by atoms with Crippen molar-refractivity contribution in [3.8, 4) is 0 Å². The minimum atomic E-state index is -0.824. The van der Waals surface area contributed by atoms with Crippen LogP contribution in [0.2, 0.25) is 0 Å². The molecule has 19 heavy (non-hydrogen) atoms. The highest BCUT2D eigenvalue weighted by atomic mass is 79.9. The quantitative estimate of drug-likeness (QED) is 0.799. The first kappa shape index (κ1) is 15.0. The van der Waals surface area contributed by atoms with Gasteiger partial charge in [0, 0.05) is 6.04 Å². The number of hydrogen-bond acceptors (Lipinski definition) is 3. The van der Waals surface area contributed by atoms with E-state index in [1.807, 2.05) is 0 Å². The summed E-state index contributed by atoms with van der Waals surface area (Å²) >= 11 is 8.09. The lowest BCUT2D eigenvalue weighted by molar-refractivity contribution is -0.143. The van der Waals surface area contributed by atoms with E-state index < -0.39 is 11.9 Å². The van der Waals surface area contributed by atoms with Gasteiger partial charge in [-0.3, -0.25) is 9.59 Å². The first-order chi connectivity index (χ1) is 8.99. The summed E-state index contributed by atoms with van der Waals surface area (Å²) in [6, 6.07) is 1.47. The summed E-state index contributed by atoms with van der Waals surface area (Å²) < 4.78 is 1.61. The van der Waals surface area contributed by atoms with Gasteiger partial charge in [-0.15, -0.1) is 11.3 Å². The summed E-state index contributed by atoms with van der Waals surface area (Å²) in [5, 5.41) is 12.0. The summed E-state index contributed by atoms with van der Waals surface area (Å²) in [4.78, 5) is 23.4. The fourth-order valence-electron chi connectivity index (χ4n) is 2.34. The van der Waals surface area contributed by atoms with Crippen LogP contribution in [0.1, 0.15) is 36.0 Å². The first-order valence-electron chi connectivity index (χ1n) is 5.97. The van der Waals surface area contributed by atoms with Crippen LogP contribution >= 0.6 is 43.2 Å². The number of nitrogens with one attached hydrogen (secondary N) is 1. The molecular weight excluding hydrogens is 398 g/mol. The Morgan fingerprint density at radius 3 is 2.58 bits per heavy atom. The van der Waals surface area contributed by atoms with Crippen molar-refractivity contribution in [1.82, 2.24) is 5.32 Å². The number of aliphatic carboxylic acids is 1. The molecule has 7 heteroatoms. The molecule has 0 saturated heterocycles. The highest BCUT2D eigenvalue weighted by Gasteiger charge is 2.32. The van der Waals surface area contributed by atoms with Crippen molar-refractivity contribution in [3.05, 3.63) is 19.2 Å². The average molecular weight is 411 g/mol. The van der Waals surface area contributed by atoms with Gasteiger partial charge in [0.1, 0.15) is 0 Å². The molecule has 1 aromatic rings. The van der Waals surface area contributed by atoms with Crippen LogP contribution in [0.5, 0.6) is 0 Å². The minimum absolute atomic E-state index is 0.216. The standard InChI is InChI=1S/C12H13Br2NO3S/c13-9-5-7(10(14)19-9)11(16)15-8-4-2-1-3-6(8)12(17)18/h5-6,8H,1-4H2,(H,15,16)(H,17,18). The zero-order chi connectivity index (χ0) is 14.0. The molecule has 2 unspecified atom stereocenters. The molecule has 2 rings (SSSR count). The largest absolute Gasteiger partial charge is 0.481 e. The summed E-state index contributed by atoms with van der Waals surface area (Å²) in [5.74, 6) is -1.51. The van der Waals surface area contributed by atoms with Gasteiger partial charge >= 0.3 is 5.97 Å². The van der Waals surface area contributed by atoms with Crippen LogP contribution in [0.4, 0.5) is 0 Å². The Hall–Kier alpha value is -0.400. The van der Waals surface area contributed by atoms with Crippen molar-refractivity contribution in [2.45, 2.75) is 31.7 Å². The smallest absolute Gasteiger partial charge is 0.308 e. The van der Waals surface area contributed by atoms with Crippen molar-refractivity contribution >= 4 is 55.1 Å². The van der Waals surface area contributed by atoms with E-state index in [0.717, 1.165) is 26.8 Å². The van der Waals surface area contributed by atoms with Crippen LogP contribution in [0.3, 0.4) is 0 Å². The maximum atomic E-state index is 12.2. The molecule has 0 spiro atoms. The SMILES string of the molecule is O=C(NC1CCCCC1C(=O)O)c1cc(Br)sc1Br. The van der Waals surface area contributed by atoms with Gasteiger partial charge in [-0.05, 0) is 50.8 Å². The summed E-state index contributed by atoms with van der Waals surface area (Å²) in [5.41, 5.74) is 0.548. The number of carboxylic acid groups (broad SMARTS) is 1. The van der Waals surface area contributed by atoms with Crippen molar-refractivity contribution in [2.75, 3.05) is 0 Å². The first-order valence-corrected chi connectivity index (χ1v) is 8.38. The fraction of sp³-hybridized carbons (Fsp3) is 0.500. The molecule has 1 fully saturated rings. The number of hydrogen-bond donors (Lipinski definition) is 2. The van der Waals surface area contributed by atoms with E-state index in [-0.39, 0.29) is 11.9 Å². The summed E-state index contributed by atoms with van der Waals surface area (Å²) in [6.45, 7) is 0. The van der Waals surface area contributed by atoms with Crippen LogP contribution < -0.4 is 5.32 Å². The molecule has 0 aromatic carbocycles. The van der Waals surface area contributed by atoms with E-state index >= 15 is 0 Å². The van der Waals surface area contributed by atoms with Crippen LogP contribution in [0.15, 0.2) is 13.6 Å². The van der Waals surface area contributed by atoms with E-state index in [9.17, 15) is 14.7 Å². The molecular formula is C12H13Br2NO3S. The molecule has 4 nitrogen and oxygen atoms in total. The molecule has 0 bridgehead atoms. The molecule has 1 amide bonds. The van der Waals surface area contributed by atoms with Gasteiger partial charge in [0.05, 0.1) is 19.1 Å². The monoisotopic (exact) mass is 409 g/mol. The molecule has 1 aromatic heterocycles. The number of carboxylic acids is 1. The summed E-state index contributed by atoms with van der Waals surface area (Å²) in [6.07, 6.45) is 3.24. The van der Waals surface area contributed by atoms with E-state index in [0.29, 0.717) is 12.0 Å². The highest BCUT2D eigenvalue weighted by molar-refractivity contribution is 9.12. The molecule has 104 valence electrons. The van der Waals surface area contributed by atoms with Crippen LogP contribution in [0, 0.1) is 5.92 Å². The van der Waals surface area contributed by atoms with Crippen molar-refractivity contribution in [3.63, 3.8) is 0 Å². The van der Waals surface area contributed by atoms with E-state index in [4.69, 9.17) is 0 Å². The number of thiophene rings is 1. The second-order valence-electron chi connectivity index (χ2n) is 4.55. The molecule has 1 saturated carbocycles. The van der Waals surface area contributed by atoms with Crippen molar-refractivity contribution in [1.29, 1.82) is 0 Å². The molecule has 1 aliphatic carbocycles. The molecule has 0 aliphatic heterocycles. The average Bonchev–Trinajstić information content (AvgIpc) is 2.69. The third kappa shape index (κ3) is 3.58. The van der Waals surface area contributed by atoms with E-state index in [1.54, 1.807) is 6.07 Å². The second kappa shape index (κ2) is 6.37. The fourth-order valence-corrected chi connectivity index (χ4v) is 5.13. The topological polar surface area (TPSA) is 66.4 Å². The molecule has 2 atom stereocenters. The number of carbonyl (C=O) groups is 2. The molecule has 1 heterocycles. The third-order valence-corrected chi connectivity index (χ3v) is 5.64. The van der Waals surface area contributed by atoms with Gasteiger partial charge in [0.2, 0.25) is 0 Å². The Bertz CT molecular complexity index is 503. The minimum Gasteiger partial charge on any atom is -0.481 e. The summed E-state index contributed by atoms with van der Waals surface area (Å²) in [7, 11) is 0. The van der Waals surface area contributed by atoms with Crippen LogP contribution in [-0.4, -0.2) is 23.0 Å². The number of rotatable bonds is 3. The highest BCUT2D eigenvalue weighted by Crippen LogP contribution is 2.32. The lowest BCUT2D eigenvalue weighted by atomic mass is 9.84. The van der Waals surface area contributed by atoms with E-state index in [1.165, 1.54) is 11.3 Å². The van der Waals surface area contributed by atoms with Crippen LogP contribution in [-0.2, 0) is 4.79 Å². The Morgan fingerprint density at radius 1 is 1.32 bits per heavy atom. The molecule has 0 radical (unpaired) electrons. The van der Waals surface area contributed by atoms with Crippen molar-refractivity contribution in [2.24, 2.45) is 5.92 Å². The van der Waals surface area contributed by atoms with Gasteiger partial charge in [0.25, 0.3) is 5.91 Å². The lowest BCUT2D eigenvalue weighted by Crippen LogP contribution is -2.45. The zero-order valence-electron chi connectivity index (χ0n) is 9.99. The molecule has 1 aliphatic rings. The predicted octanol–water partition coefficient (Wildman–Crippen LogP) is 3.65. The van der Waals surface area contributed by atoms with Gasteiger partial charge in [0.15, 0.2) is 0 Å². The van der Waals surface area contributed by atoms with Crippen molar-refractivity contribution < 1.29 is 14.7 Å². The maximum absolute atomic E-state index is 12.2. The normalized spacial score (nSPS) is 23.1. The lowest BCUT2D eigenvalue weighted by Gasteiger charge is -2.29. The van der Waals surface area contributed by atoms with Gasteiger partial charge in [-0.1, -0.05) is 12.8 Å². The number of amides is 1. The number of halogens is 2. The maximum Gasteiger partial charge on any atom is 0.308 e. The van der Waals surface area contributed by atoms with Gasteiger partial charge in [-0.25, -0.2) is 0 Å². The van der Waals surface area contributed by atoms with Crippen LogP contribution in [0.25, 0.3) is 0 Å². The number of carbonyl (C=O) groups excluding carboxylic acids is 1.